The molecule has 0 unspecified atom stereocenters. The first kappa shape index (κ1) is 33.7. The third kappa shape index (κ3) is 4.84. The average Bonchev–Trinajstić information content (AvgIpc) is 3.85. The first-order valence-corrected chi connectivity index (χ1v) is 20.8. The zero-order chi connectivity index (χ0) is 40.2. The Kier molecular flexibility index (Phi) is 7.13. The van der Waals surface area contributed by atoms with Crippen LogP contribution in [0.4, 0.5) is 0 Å². The van der Waals surface area contributed by atoms with Crippen molar-refractivity contribution in [2.45, 2.75) is 0 Å². The van der Waals surface area contributed by atoms with Crippen LogP contribution in [0, 0.1) is 0 Å². The van der Waals surface area contributed by atoms with Crippen LogP contribution in [0.3, 0.4) is 0 Å². The van der Waals surface area contributed by atoms with Crippen molar-refractivity contribution < 1.29 is 0 Å². The van der Waals surface area contributed by atoms with Gasteiger partial charge < -0.3 is 9.13 Å². The fourth-order valence-electron chi connectivity index (χ4n) is 10.2. The Morgan fingerprint density at radius 2 is 0.705 bits per heavy atom. The smallest absolute Gasteiger partial charge is 0.265 e. The van der Waals surface area contributed by atoms with Gasteiger partial charge in [0.05, 0.1) is 33.0 Å². The van der Waals surface area contributed by atoms with Gasteiger partial charge in [0.25, 0.3) is 5.56 Å². The SMILES string of the molecule is O=c1c2c3cc(-c4ccc5c(c4)c4ccccc4n5-c4ccccc4)ccc3n(-c3ccc4c5ccccc5c5ccccc5c4c3)c2c2ccccc2n1-c1ccccc1. The highest BCUT2D eigenvalue weighted by molar-refractivity contribution is 6.26. The highest BCUT2D eigenvalue weighted by atomic mass is 16.1. The molecule has 0 atom stereocenters. The standard InChI is InChI=1S/C57H35N3O/c61-57-55-50-34-37(36-27-31-53-49(33-36)46-23-11-13-25-51(46)58(53)38-15-3-1-4-16-38)28-32-54(50)59(56(55)47-24-12-14-26-52(47)60(57)39-17-5-2-6-18-39)40-29-30-45-43-21-8-7-19-41(43)42-20-9-10-22-44(42)48(45)35-40/h1-35H. The Labute approximate surface area is 350 Å². The minimum atomic E-state index is -0.0422. The second-order valence-corrected chi connectivity index (χ2v) is 16.0. The van der Waals surface area contributed by atoms with Crippen LogP contribution < -0.4 is 5.56 Å². The minimum Gasteiger partial charge on any atom is -0.309 e. The van der Waals surface area contributed by atoms with Crippen LogP contribution in [0.2, 0.25) is 0 Å². The largest absolute Gasteiger partial charge is 0.309 e. The van der Waals surface area contributed by atoms with Crippen molar-refractivity contribution in [1.82, 2.24) is 13.7 Å². The molecular formula is C57H35N3O. The number of aromatic nitrogens is 3. The van der Waals surface area contributed by atoms with E-state index >= 15 is 4.79 Å². The molecule has 4 heteroatoms. The van der Waals surface area contributed by atoms with Crippen molar-refractivity contribution in [3.63, 3.8) is 0 Å². The van der Waals surface area contributed by atoms with E-state index in [1.807, 2.05) is 41.0 Å². The number of benzene rings is 10. The van der Waals surface area contributed by atoms with Crippen LogP contribution in [0.25, 0.3) is 115 Å². The Morgan fingerprint density at radius 1 is 0.262 bits per heavy atom. The summed E-state index contributed by atoms with van der Waals surface area (Å²) in [7, 11) is 0. The van der Waals surface area contributed by atoms with E-state index in [4.69, 9.17) is 0 Å². The number of fused-ring (bicyclic) bond motifs is 14. The van der Waals surface area contributed by atoms with Gasteiger partial charge in [-0.15, -0.1) is 0 Å². The Bertz CT molecular complexity index is 3970. The van der Waals surface area contributed by atoms with Gasteiger partial charge in [-0.3, -0.25) is 9.36 Å². The minimum absolute atomic E-state index is 0.0422. The maximum Gasteiger partial charge on any atom is 0.265 e. The van der Waals surface area contributed by atoms with E-state index in [1.54, 1.807) is 0 Å². The van der Waals surface area contributed by atoms with E-state index < -0.39 is 0 Å². The molecule has 0 saturated carbocycles. The van der Waals surface area contributed by atoms with Gasteiger partial charge in [-0.25, -0.2) is 0 Å². The molecule has 3 heterocycles. The molecular weight excluding hydrogens is 743 g/mol. The van der Waals surface area contributed by atoms with E-state index in [-0.39, 0.29) is 5.56 Å². The molecule has 0 radical (unpaired) electrons. The van der Waals surface area contributed by atoms with Crippen molar-refractivity contribution in [2.24, 2.45) is 0 Å². The summed E-state index contributed by atoms with van der Waals surface area (Å²) in [5.74, 6) is 0. The predicted octanol–water partition coefficient (Wildman–Crippen LogP) is 14.3. The normalized spacial score (nSPS) is 12.0. The van der Waals surface area contributed by atoms with E-state index in [9.17, 15) is 0 Å². The Hall–Kier alpha value is -8.21. The molecule has 0 bridgehead atoms. The van der Waals surface area contributed by atoms with Gasteiger partial charge in [0.15, 0.2) is 0 Å². The number of hydrogen-bond acceptors (Lipinski definition) is 1. The molecule has 13 rings (SSSR count). The summed E-state index contributed by atoms with van der Waals surface area (Å²) in [5.41, 5.74) is 10.2. The van der Waals surface area contributed by atoms with Crippen molar-refractivity contribution in [2.75, 3.05) is 0 Å². The summed E-state index contributed by atoms with van der Waals surface area (Å²) >= 11 is 0. The molecule has 284 valence electrons. The molecule has 0 fully saturated rings. The summed E-state index contributed by atoms with van der Waals surface area (Å²) in [5, 5.41) is 12.3. The van der Waals surface area contributed by atoms with Crippen LogP contribution in [-0.2, 0) is 0 Å². The van der Waals surface area contributed by atoms with Crippen molar-refractivity contribution in [3.05, 3.63) is 223 Å². The number of para-hydroxylation sites is 4. The summed E-state index contributed by atoms with van der Waals surface area (Å²) in [6.45, 7) is 0. The van der Waals surface area contributed by atoms with Gasteiger partial charge in [-0.1, -0.05) is 140 Å². The molecule has 0 N–H and O–H groups in total. The fourth-order valence-corrected chi connectivity index (χ4v) is 10.2. The summed E-state index contributed by atoms with van der Waals surface area (Å²) in [6, 6.07) is 75.2. The quantitative estimate of drug-likeness (QED) is 0.164. The molecule has 3 aromatic heterocycles. The van der Waals surface area contributed by atoms with Crippen LogP contribution >= 0.6 is 0 Å². The Balaban J connectivity index is 1.13. The van der Waals surface area contributed by atoms with Crippen molar-refractivity contribution in [3.8, 4) is 28.2 Å². The molecule has 0 spiro atoms. The second-order valence-electron chi connectivity index (χ2n) is 16.0. The van der Waals surface area contributed by atoms with E-state index in [2.05, 4.69) is 185 Å². The summed E-state index contributed by atoms with van der Waals surface area (Å²) < 4.78 is 6.56. The van der Waals surface area contributed by atoms with E-state index in [0.717, 1.165) is 61.0 Å². The van der Waals surface area contributed by atoms with Gasteiger partial charge >= 0.3 is 0 Å². The first-order chi connectivity index (χ1) is 30.2. The van der Waals surface area contributed by atoms with E-state index in [1.165, 1.54) is 48.6 Å². The average molecular weight is 778 g/mol. The third-order valence-corrected chi connectivity index (χ3v) is 12.8. The van der Waals surface area contributed by atoms with Crippen LogP contribution in [0.15, 0.2) is 217 Å². The fraction of sp³-hybridized carbons (Fsp3) is 0. The molecule has 13 aromatic rings. The molecule has 0 saturated heterocycles. The molecule has 0 amide bonds. The molecule has 61 heavy (non-hydrogen) atoms. The van der Waals surface area contributed by atoms with E-state index in [0.29, 0.717) is 5.39 Å². The maximum absolute atomic E-state index is 15.4. The van der Waals surface area contributed by atoms with Gasteiger partial charge in [0.2, 0.25) is 0 Å². The lowest BCUT2D eigenvalue weighted by Crippen LogP contribution is -2.19. The third-order valence-electron chi connectivity index (χ3n) is 12.8. The lowest BCUT2D eigenvalue weighted by Gasteiger charge is -2.16. The van der Waals surface area contributed by atoms with Gasteiger partial charge in [-0.2, -0.15) is 0 Å². The van der Waals surface area contributed by atoms with Gasteiger partial charge in [0, 0.05) is 38.6 Å². The molecule has 4 nitrogen and oxygen atoms in total. The lowest BCUT2D eigenvalue weighted by atomic mass is 9.94. The van der Waals surface area contributed by atoms with Crippen LogP contribution in [-0.4, -0.2) is 13.7 Å². The molecule has 10 aromatic carbocycles. The Morgan fingerprint density at radius 3 is 1.33 bits per heavy atom. The molecule has 0 aliphatic heterocycles. The number of pyridine rings is 1. The molecule has 0 aliphatic carbocycles. The van der Waals surface area contributed by atoms with Crippen LogP contribution in [0.5, 0.6) is 0 Å². The first-order valence-electron chi connectivity index (χ1n) is 20.8. The topological polar surface area (TPSA) is 31.9 Å². The number of nitrogens with zero attached hydrogens (tertiary/aromatic N) is 3. The van der Waals surface area contributed by atoms with Gasteiger partial charge in [-0.05, 0) is 116 Å². The predicted molar refractivity (Wildman–Crippen MR) is 256 cm³/mol. The van der Waals surface area contributed by atoms with Crippen LogP contribution in [0.1, 0.15) is 0 Å². The second kappa shape index (κ2) is 12.9. The zero-order valence-corrected chi connectivity index (χ0v) is 33.0. The highest BCUT2D eigenvalue weighted by Gasteiger charge is 2.23. The maximum atomic E-state index is 15.4. The number of rotatable bonds is 4. The zero-order valence-electron chi connectivity index (χ0n) is 33.0. The summed E-state index contributed by atoms with van der Waals surface area (Å²) in [4.78, 5) is 15.4. The van der Waals surface area contributed by atoms with Gasteiger partial charge in [0.1, 0.15) is 0 Å². The number of hydrogen-bond donors (Lipinski definition) is 0. The monoisotopic (exact) mass is 777 g/mol. The molecule has 0 aliphatic rings. The van der Waals surface area contributed by atoms with Crippen molar-refractivity contribution in [1.29, 1.82) is 0 Å². The highest BCUT2D eigenvalue weighted by Crippen LogP contribution is 2.42. The lowest BCUT2D eigenvalue weighted by molar-refractivity contribution is 1.06. The summed E-state index contributed by atoms with van der Waals surface area (Å²) in [6.07, 6.45) is 0. The van der Waals surface area contributed by atoms with Crippen molar-refractivity contribution >= 4 is 86.8 Å².